The van der Waals surface area contributed by atoms with Crippen molar-refractivity contribution in [3.8, 4) is 5.75 Å². The molecule has 0 spiro atoms. The van der Waals surface area contributed by atoms with Gasteiger partial charge in [0.05, 0.1) is 7.11 Å². The summed E-state index contributed by atoms with van der Waals surface area (Å²) in [5, 5.41) is 2.71. The number of nitrogens with zero attached hydrogens (tertiary/aromatic N) is 2. The topological polar surface area (TPSA) is 89.1 Å². The Hall–Kier alpha value is -2.57. The van der Waals surface area contributed by atoms with Crippen LogP contribution in [0.4, 0.5) is 0 Å². The van der Waals surface area contributed by atoms with Gasteiger partial charge in [-0.3, -0.25) is 4.79 Å². The molecule has 2 aromatic rings. The molecule has 6 nitrogen and oxygen atoms in total. The smallest absolute Gasteiger partial charge is 0.253 e. The Labute approximate surface area is 160 Å². The number of hydrogen-bond donors (Lipinski definition) is 2. The van der Waals surface area contributed by atoms with Crippen LogP contribution in [0.3, 0.4) is 0 Å². The van der Waals surface area contributed by atoms with Gasteiger partial charge in [0.15, 0.2) is 16.5 Å². The summed E-state index contributed by atoms with van der Waals surface area (Å²) in [5.74, 6) is 0.572. The second-order valence-corrected chi connectivity index (χ2v) is 6.64. The molecular formula is C18H16Cl2N4O2. The maximum absolute atomic E-state index is 12.6. The number of hydrogen-bond acceptors (Lipinski definition) is 5. The minimum Gasteiger partial charge on any atom is -0.497 e. The number of ether oxygens (including phenoxy) is 1. The minimum absolute atomic E-state index is 0.0215. The molecule has 8 heteroatoms. The average molecular weight is 391 g/mol. The Balaban J connectivity index is 1.92. The molecule has 0 aliphatic carbocycles. The number of nitrogens with two attached hydrogens (primary N) is 1. The molecule has 0 fully saturated rings. The van der Waals surface area contributed by atoms with E-state index in [1.807, 2.05) is 30.3 Å². The van der Waals surface area contributed by atoms with Crippen LogP contribution >= 0.6 is 23.2 Å². The molecule has 134 valence electrons. The fourth-order valence-corrected chi connectivity index (χ4v) is 2.89. The molecule has 0 saturated heterocycles. The third-order valence-electron chi connectivity index (χ3n) is 3.90. The normalized spacial score (nSPS) is 19.1. The fourth-order valence-electron chi connectivity index (χ4n) is 2.46. The van der Waals surface area contributed by atoms with Crippen molar-refractivity contribution in [3.05, 3.63) is 65.7 Å². The van der Waals surface area contributed by atoms with Gasteiger partial charge in [-0.05, 0) is 24.3 Å². The van der Waals surface area contributed by atoms with E-state index in [9.17, 15) is 4.79 Å². The van der Waals surface area contributed by atoms with Crippen molar-refractivity contribution in [1.29, 1.82) is 0 Å². The van der Waals surface area contributed by atoms with Crippen molar-refractivity contribution in [1.82, 2.24) is 5.32 Å². The van der Waals surface area contributed by atoms with Gasteiger partial charge in [0.1, 0.15) is 5.75 Å². The monoisotopic (exact) mass is 390 g/mol. The Kier molecular flexibility index (Phi) is 5.15. The molecule has 1 atom stereocenters. The van der Waals surface area contributed by atoms with Crippen LogP contribution < -0.4 is 15.8 Å². The highest BCUT2D eigenvalue weighted by Gasteiger charge is 2.46. The second-order valence-electron chi connectivity index (χ2n) is 5.55. The van der Waals surface area contributed by atoms with Gasteiger partial charge in [0, 0.05) is 11.1 Å². The summed E-state index contributed by atoms with van der Waals surface area (Å²) in [6.07, 6.45) is 0. The molecule has 0 saturated carbocycles. The second kappa shape index (κ2) is 7.35. The molecule has 1 heterocycles. The first-order valence-electron chi connectivity index (χ1n) is 7.71. The van der Waals surface area contributed by atoms with Gasteiger partial charge in [0.25, 0.3) is 5.91 Å². The largest absolute Gasteiger partial charge is 0.497 e. The van der Waals surface area contributed by atoms with Gasteiger partial charge in [-0.2, -0.15) is 0 Å². The zero-order valence-corrected chi connectivity index (χ0v) is 15.3. The highest BCUT2D eigenvalue weighted by Crippen LogP contribution is 2.29. The SMILES string of the molecule is COc1ccc(C(=O)N[C@]2(C(Cl)Cl)N=C(c3ccccc3)N=C2N)cc1. The summed E-state index contributed by atoms with van der Waals surface area (Å²) in [4.78, 5) is 20.2. The van der Waals surface area contributed by atoms with E-state index in [0.29, 0.717) is 17.1 Å². The Morgan fingerprint density at radius 3 is 2.38 bits per heavy atom. The van der Waals surface area contributed by atoms with Gasteiger partial charge in [-0.15, -0.1) is 0 Å². The predicted octanol–water partition coefficient (Wildman–Crippen LogP) is 2.74. The lowest BCUT2D eigenvalue weighted by atomic mass is 10.1. The first kappa shape index (κ1) is 18.2. The fraction of sp³-hybridized carbons (Fsp3) is 0.167. The molecule has 1 aliphatic rings. The number of methoxy groups -OCH3 is 1. The van der Waals surface area contributed by atoms with E-state index in [-0.39, 0.29) is 5.84 Å². The van der Waals surface area contributed by atoms with Crippen molar-refractivity contribution < 1.29 is 9.53 Å². The van der Waals surface area contributed by atoms with Gasteiger partial charge >= 0.3 is 0 Å². The van der Waals surface area contributed by atoms with Gasteiger partial charge in [0.2, 0.25) is 5.66 Å². The molecule has 3 rings (SSSR count). The lowest BCUT2D eigenvalue weighted by Gasteiger charge is -2.28. The van der Waals surface area contributed by atoms with Crippen molar-refractivity contribution in [2.75, 3.05) is 7.11 Å². The number of alkyl halides is 2. The molecule has 0 unspecified atom stereocenters. The summed E-state index contributed by atoms with van der Waals surface area (Å²) in [6, 6.07) is 15.8. The van der Waals surface area contributed by atoms with Crippen LogP contribution in [-0.4, -0.2) is 35.2 Å². The number of benzene rings is 2. The molecule has 1 amide bonds. The molecular weight excluding hydrogens is 375 g/mol. The van der Waals surface area contributed by atoms with E-state index in [2.05, 4.69) is 15.3 Å². The third-order valence-corrected chi connectivity index (χ3v) is 4.53. The van der Waals surface area contributed by atoms with Crippen LogP contribution in [0.2, 0.25) is 0 Å². The number of amidine groups is 2. The Morgan fingerprint density at radius 1 is 1.15 bits per heavy atom. The van der Waals surface area contributed by atoms with Gasteiger partial charge in [-0.25, -0.2) is 9.98 Å². The third kappa shape index (κ3) is 3.38. The van der Waals surface area contributed by atoms with Crippen LogP contribution in [0.15, 0.2) is 64.6 Å². The molecule has 0 radical (unpaired) electrons. The van der Waals surface area contributed by atoms with E-state index in [1.54, 1.807) is 31.4 Å². The maximum atomic E-state index is 12.6. The number of aliphatic imine (C=N–C) groups is 2. The van der Waals surface area contributed by atoms with Crippen LogP contribution in [-0.2, 0) is 0 Å². The highest BCUT2D eigenvalue weighted by atomic mass is 35.5. The molecule has 2 aromatic carbocycles. The summed E-state index contributed by atoms with van der Waals surface area (Å²) in [6.45, 7) is 0. The Morgan fingerprint density at radius 2 is 1.81 bits per heavy atom. The standard InChI is InChI=1S/C18H16Cl2N4O2/c1-26-13-9-7-12(8-10-13)15(25)24-18(16(19)20)17(21)22-14(23-18)11-5-3-2-4-6-11/h2-10,16H,1H3,(H,24,25)(H2,21,22,23)/t18-/m0/s1. The van der Waals surface area contributed by atoms with E-state index in [0.717, 1.165) is 5.56 Å². The van der Waals surface area contributed by atoms with Gasteiger partial charge in [-0.1, -0.05) is 53.5 Å². The maximum Gasteiger partial charge on any atom is 0.253 e. The number of halogens is 2. The van der Waals surface area contributed by atoms with E-state index in [4.69, 9.17) is 33.7 Å². The van der Waals surface area contributed by atoms with E-state index >= 15 is 0 Å². The van der Waals surface area contributed by atoms with E-state index < -0.39 is 16.4 Å². The lowest BCUT2D eigenvalue weighted by molar-refractivity contribution is 0.0928. The Bertz CT molecular complexity index is 867. The zero-order chi connectivity index (χ0) is 18.7. The number of carbonyl (C=O) groups excluding carboxylic acids is 1. The number of rotatable bonds is 5. The molecule has 1 aliphatic heterocycles. The molecule has 0 aromatic heterocycles. The van der Waals surface area contributed by atoms with Crippen LogP contribution in [0.1, 0.15) is 15.9 Å². The molecule has 26 heavy (non-hydrogen) atoms. The quantitative estimate of drug-likeness (QED) is 0.769. The number of amides is 1. The number of nitrogens with one attached hydrogen (secondary N) is 1. The van der Waals surface area contributed by atoms with Crippen LogP contribution in [0.25, 0.3) is 0 Å². The first-order chi connectivity index (χ1) is 12.5. The highest BCUT2D eigenvalue weighted by molar-refractivity contribution is 6.47. The van der Waals surface area contributed by atoms with E-state index in [1.165, 1.54) is 0 Å². The summed E-state index contributed by atoms with van der Waals surface area (Å²) in [7, 11) is 1.55. The summed E-state index contributed by atoms with van der Waals surface area (Å²) in [5.41, 5.74) is 5.64. The molecule has 0 bridgehead atoms. The summed E-state index contributed by atoms with van der Waals surface area (Å²) >= 11 is 12.3. The first-order valence-corrected chi connectivity index (χ1v) is 8.58. The van der Waals surface area contributed by atoms with Crippen molar-refractivity contribution in [2.24, 2.45) is 15.7 Å². The number of carbonyl (C=O) groups is 1. The minimum atomic E-state index is -1.54. The molecule has 3 N–H and O–H groups in total. The van der Waals surface area contributed by atoms with Crippen molar-refractivity contribution >= 4 is 40.8 Å². The summed E-state index contributed by atoms with van der Waals surface area (Å²) < 4.78 is 5.09. The zero-order valence-electron chi connectivity index (χ0n) is 13.8. The predicted molar refractivity (Wildman–Crippen MR) is 103 cm³/mol. The van der Waals surface area contributed by atoms with Crippen LogP contribution in [0.5, 0.6) is 5.75 Å². The van der Waals surface area contributed by atoms with Crippen molar-refractivity contribution in [2.45, 2.75) is 10.5 Å². The van der Waals surface area contributed by atoms with Gasteiger partial charge < -0.3 is 15.8 Å². The van der Waals surface area contributed by atoms with Crippen molar-refractivity contribution in [3.63, 3.8) is 0 Å². The average Bonchev–Trinajstić information content (AvgIpc) is 3.00. The van der Waals surface area contributed by atoms with Crippen LogP contribution in [0, 0.1) is 0 Å². The lowest BCUT2D eigenvalue weighted by Crippen LogP contribution is -2.59.